The van der Waals surface area contributed by atoms with Gasteiger partial charge in [0.25, 0.3) is 0 Å². The summed E-state index contributed by atoms with van der Waals surface area (Å²) in [5.74, 6) is 0.610. The molecule has 0 spiro atoms. The molecule has 5 nitrogen and oxygen atoms in total. The highest BCUT2D eigenvalue weighted by Crippen LogP contribution is 2.27. The van der Waals surface area contributed by atoms with Crippen LogP contribution in [0.15, 0.2) is 30.5 Å². The molecule has 1 aliphatic heterocycles. The Morgan fingerprint density at radius 1 is 1.08 bits per heavy atom. The predicted molar refractivity (Wildman–Crippen MR) is 93.4 cm³/mol. The monoisotopic (exact) mass is 326 g/mol. The van der Waals surface area contributed by atoms with Gasteiger partial charge in [-0.25, -0.2) is 0 Å². The molecule has 0 amide bonds. The van der Waals surface area contributed by atoms with Crippen LogP contribution in [0.25, 0.3) is 11.3 Å². The minimum atomic E-state index is -0.0968. The van der Waals surface area contributed by atoms with Crippen molar-refractivity contribution >= 4 is 0 Å². The third-order valence-corrected chi connectivity index (χ3v) is 5.47. The van der Waals surface area contributed by atoms with Crippen LogP contribution in [0.1, 0.15) is 50.1 Å². The first-order valence-electron chi connectivity index (χ1n) is 9.20. The van der Waals surface area contributed by atoms with Crippen molar-refractivity contribution in [2.75, 3.05) is 6.54 Å². The highest BCUT2D eigenvalue weighted by atomic mass is 16.3. The molecule has 2 heterocycles. The van der Waals surface area contributed by atoms with E-state index >= 15 is 0 Å². The summed E-state index contributed by atoms with van der Waals surface area (Å²) in [7, 11) is 0. The van der Waals surface area contributed by atoms with Gasteiger partial charge in [0.15, 0.2) is 0 Å². The lowest BCUT2D eigenvalue weighted by atomic mass is 9.87. The van der Waals surface area contributed by atoms with Crippen LogP contribution in [-0.2, 0) is 6.54 Å². The lowest BCUT2D eigenvalue weighted by molar-refractivity contribution is 0.103. The molecule has 24 heavy (non-hydrogen) atoms. The van der Waals surface area contributed by atoms with E-state index in [2.05, 4.69) is 39.9 Å². The Kier molecular flexibility index (Phi) is 4.63. The molecule has 1 aromatic heterocycles. The summed E-state index contributed by atoms with van der Waals surface area (Å²) >= 11 is 0. The van der Waals surface area contributed by atoms with Crippen molar-refractivity contribution in [3.63, 3.8) is 0 Å². The van der Waals surface area contributed by atoms with E-state index in [-0.39, 0.29) is 6.10 Å². The Morgan fingerprint density at radius 2 is 1.88 bits per heavy atom. The van der Waals surface area contributed by atoms with Crippen molar-refractivity contribution in [2.45, 2.75) is 57.2 Å². The van der Waals surface area contributed by atoms with Gasteiger partial charge in [0.2, 0.25) is 0 Å². The van der Waals surface area contributed by atoms with E-state index in [9.17, 15) is 5.11 Å². The van der Waals surface area contributed by atoms with E-state index in [0.717, 1.165) is 50.0 Å². The van der Waals surface area contributed by atoms with Crippen molar-refractivity contribution in [3.8, 4) is 11.3 Å². The zero-order chi connectivity index (χ0) is 16.4. The summed E-state index contributed by atoms with van der Waals surface area (Å²) in [6.07, 6.45) is 8.45. The molecule has 1 saturated heterocycles. The molecule has 2 N–H and O–H groups in total. The molecule has 2 aromatic rings. The Bertz CT molecular complexity index is 652. The summed E-state index contributed by atoms with van der Waals surface area (Å²) in [6.45, 7) is 2.03. The molecule has 4 rings (SSSR count). The average Bonchev–Trinajstić information content (AvgIpc) is 3.29. The normalized spacial score (nSPS) is 27.5. The van der Waals surface area contributed by atoms with Gasteiger partial charge in [-0.1, -0.05) is 29.5 Å². The molecule has 0 bridgehead atoms. The highest BCUT2D eigenvalue weighted by Gasteiger charge is 2.20. The molecular formula is C19H26N4O. The largest absolute Gasteiger partial charge is 0.393 e. The van der Waals surface area contributed by atoms with Gasteiger partial charge < -0.3 is 10.4 Å². The molecule has 1 saturated carbocycles. The number of hydrogen-bond donors (Lipinski definition) is 2. The fourth-order valence-electron chi connectivity index (χ4n) is 3.97. The maximum atomic E-state index is 9.61. The third-order valence-electron chi connectivity index (χ3n) is 5.47. The maximum absolute atomic E-state index is 9.61. The average molecular weight is 326 g/mol. The van der Waals surface area contributed by atoms with Gasteiger partial charge in [-0.2, -0.15) is 0 Å². The van der Waals surface area contributed by atoms with E-state index < -0.39 is 0 Å². The standard InChI is InChI=1S/C19H26N4O/c24-17-9-3-14(4-10-17)12-23-13-19(21-22-23)16-7-5-15(6-8-16)18-2-1-11-20-18/h5-8,13-14,17-18,20,24H,1-4,9-12H2. The first-order chi connectivity index (χ1) is 11.8. The first-order valence-corrected chi connectivity index (χ1v) is 9.20. The fourth-order valence-corrected chi connectivity index (χ4v) is 3.97. The van der Waals surface area contributed by atoms with Crippen LogP contribution in [0.4, 0.5) is 0 Å². The number of aliphatic hydroxyl groups excluding tert-OH is 1. The predicted octanol–water partition coefficient (Wildman–Crippen LogP) is 2.92. The Balaban J connectivity index is 1.40. The molecular weight excluding hydrogens is 300 g/mol. The summed E-state index contributed by atoms with van der Waals surface area (Å²) in [6, 6.07) is 9.23. The van der Waals surface area contributed by atoms with E-state index in [1.165, 1.54) is 18.4 Å². The van der Waals surface area contributed by atoms with E-state index in [1.807, 2.05) is 10.9 Å². The minimum absolute atomic E-state index is 0.0968. The second-order valence-electron chi connectivity index (χ2n) is 7.27. The van der Waals surface area contributed by atoms with Gasteiger partial charge in [0.05, 0.1) is 12.3 Å². The van der Waals surface area contributed by atoms with Crippen LogP contribution in [0.3, 0.4) is 0 Å². The summed E-state index contributed by atoms with van der Waals surface area (Å²) in [5, 5.41) is 21.8. The van der Waals surface area contributed by atoms with Crippen molar-refractivity contribution in [3.05, 3.63) is 36.0 Å². The molecule has 0 radical (unpaired) electrons. The lowest BCUT2D eigenvalue weighted by Crippen LogP contribution is -2.21. The zero-order valence-electron chi connectivity index (χ0n) is 14.1. The van der Waals surface area contributed by atoms with Gasteiger partial charge >= 0.3 is 0 Å². The number of hydrogen-bond acceptors (Lipinski definition) is 4. The Hall–Kier alpha value is -1.72. The molecule has 1 aromatic carbocycles. The van der Waals surface area contributed by atoms with Crippen molar-refractivity contribution in [1.82, 2.24) is 20.3 Å². The van der Waals surface area contributed by atoms with Gasteiger partial charge in [0, 0.05) is 18.2 Å². The zero-order valence-corrected chi connectivity index (χ0v) is 14.1. The first kappa shape index (κ1) is 15.8. The fraction of sp³-hybridized carbons (Fsp3) is 0.579. The van der Waals surface area contributed by atoms with Crippen molar-refractivity contribution in [1.29, 1.82) is 0 Å². The Labute approximate surface area is 143 Å². The number of nitrogens with zero attached hydrogens (tertiary/aromatic N) is 3. The van der Waals surface area contributed by atoms with E-state index in [1.54, 1.807) is 0 Å². The number of rotatable bonds is 4. The van der Waals surface area contributed by atoms with E-state index in [4.69, 9.17) is 0 Å². The third kappa shape index (κ3) is 3.52. The smallest absolute Gasteiger partial charge is 0.113 e. The molecule has 1 unspecified atom stereocenters. The summed E-state index contributed by atoms with van der Waals surface area (Å²) in [5.41, 5.74) is 3.43. The molecule has 2 aliphatic rings. The van der Waals surface area contributed by atoms with Crippen molar-refractivity contribution in [2.24, 2.45) is 5.92 Å². The quantitative estimate of drug-likeness (QED) is 0.907. The van der Waals surface area contributed by atoms with Crippen LogP contribution in [0.5, 0.6) is 0 Å². The van der Waals surface area contributed by atoms with Crippen LogP contribution in [0, 0.1) is 5.92 Å². The van der Waals surface area contributed by atoms with Crippen LogP contribution >= 0.6 is 0 Å². The van der Waals surface area contributed by atoms with Crippen LogP contribution < -0.4 is 5.32 Å². The second-order valence-corrected chi connectivity index (χ2v) is 7.27. The minimum Gasteiger partial charge on any atom is -0.393 e. The number of aromatic nitrogens is 3. The van der Waals surface area contributed by atoms with Crippen molar-refractivity contribution < 1.29 is 5.11 Å². The SMILES string of the molecule is OC1CCC(Cn2cc(-c3ccc(C4CCCN4)cc3)nn2)CC1. The molecule has 128 valence electrons. The lowest BCUT2D eigenvalue weighted by Gasteiger charge is -2.24. The van der Waals surface area contributed by atoms with Gasteiger partial charge in [-0.15, -0.1) is 5.10 Å². The molecule has 1 atom stereocenters. The van der Waals surface area contributed by atoms with Crippen LogP contribution in [-0.4, -0.2) is 32.7 Å². The summed E-state index contributed by atoms with van der Waals surface area (Å²) < 4.78 is 1.96. The van der Waals surface area contributed by atoms with Gasteiger partial charge in [-0.05, 0) is 56.6 Å². The number of nitrogens with one attached hydrogen (secondary N) is 1. The van der Waals surface area contributed by atoms with Crippen LogP contribution in [0.2, 0.25) is 0 Å². The second kappa shape index (κ2) is 7.03. The number of aliphatic hydroxyl groups is 1. The molecule has 1 aliphatic carbocycles. The van der Waals surface area contributed by atoms with E-state index in [0.29, 0.717) is 12.0 Å². The number of benzene rings is 1. The highest BCUT2D eigenvalue weighted by molar-refractivity contribution is 5.58. The van der Waals surface area contributed by atoms with Gasteiger partial charge in [-0.3, -0.25) is 4.68 Å². The van der Waals surface area contributed by atoms with Gasteiger partial charge in [0.1, 0.15) is 5.69 Å². The molecule has 5 heteroatoms. The maximum Gasteiger partial charge on any atom is 0.113 e. The topological polar surface area (TPSA) is 63.0 Å². The Morgan fingerprint density at radius 3 is 2.58 bits per heavy atom. The summed E-state index contributed by atoms with van der Waals surface area (Å²) in [4.78, 5) is 0. The molecule has 2 fully saturated rings.